The minimum atomic E-state index is 0.0937. The fourth-order valence-electron chi connectivity index (χ4n) is 1.37. The van der Waals surface area contributed by atoms with Crippen molar-refractivity contribution in [2.75, 3.05) is 17.7 Å². The zero-order chi connectivity index (χ0) is 12.0. The standard InChI is InChI=1S/C12H18N2OS/c1-9-10(4-3-5-11(9)13)8-14-12(15)6-7-16-2/h3-5H,6-8,13H2,1-2H3,(H,14,15). The lowest BCUT2D eigenvalue weighted by Gasteiger charge is -2.09. The van der Waals surface area contributed by atoms with Crippen LogP contribution >= 0.6 is 11.8 Å². The summed E-state index contributed by atoms with van der Waals surface area (Å²) in [6, 6.07) is 5.76. The van der Waals surface area contributed by atoms with Gasteiger partial charge in [-0.3, -0.25) is 4.79 Å². The van der Waals surface area contributed by atoms with Gasteiger partial charge in [0.25, 0.3) is 0 Å². The van der Waals surface area contributed by atoms with Crippen molar-refractivity contribution in [2.45, 2.75) is 19.9 Å². The van der Waals surface area contributed by atoms with E-state index >= 15 is 0 Å². The van der Waals surface area contributed by atoms with Gasteiger partial charge in [-0.25, -0.2) is 0 Å². The summed E-state index contributed by atoms with van der Waals surface area (Å²) < 4.78 is 0. The molecule has 0 fully saturated rings. The third kappa shape index (κ3) is 3.77. The molecule has 3 nitrogen and oxygen atoms in total. The van der Waals surface area contributed by atoms with Crippen molar-refractivity contribution in [1.29, 1.82) is 0 Å². The van der Waals surface area contributed by atoms with Gasteiger partial charge in [-0.2, -0.15) is 11.8 Å². The van der Waals surface area contributed by atoms with Gasteiger partial charge in [0.1, 0.15) is 0 Å². The van der Waals surface area contributed by atoms with E-state index in [9.17, 15) is 4.79 Å². The highest BCUT2D eigenvalue weighted by molar-refractivity contribution is 7.98. The molecule has 3 N–H and O–H groups in total. The van der Waals surface area contributed by atoms with Crippen LogP contribution in [0.15, 0.2) is 18.2 Å². The predicted octanol–water partition coefficient (Wildman–Crippen LogP) is 1.95. The van der Waals surface area contributed by atoms with Crippen LogP contribution in [0.25, 0.3) is 0 Å². The SMILES string of the molecule is CSCCC(=O)NCc1cccc(N)c1C. The number of thioether (sulfide) groups is 1. The zero-order valence-corrected chi connectivity index (χ0v) is 10.6. The minimum Gasteiger partial charge on any atom is -0.399 e. The van der Waals surface area contributed by atoms with E-state index in [1.807, 2.05) is 31.4 Å². The predicted molar refractivity (Wildman–Crippen MR) is 70.4 cm³/mol. The third-order valence-corrected chi connectivity index (χ3v) is 3.11. The van der Waals surface area contributed by atoms with Crippen LogP contribution in [0.3, 0.4) is 0 Å². The number of amides is 1. The van der Waals surface area contributed by atoms with E-state index in [2.05, 4.69) is 5.32 Å². The highest BCUT2D eigenvalue weighted by Crippen LogP contribution is 2.15. The molecule has 0 unspecified atom stereocenters. The molecule has 1 aromatic rings. The maximum Gasteiger partial charge on any atom is 0.221 e. The normalized spacial score (nSPS) is 10.1. The summed E-state index contributed by atoms with van der Waals surface area (Å²) >= 11 is 1.68. The number of anilines is 1. The van der Waals surface area contributed by atoms with Crippen molar-refractivity contribution < 1.29 is 4.79 Å². The van der Waals surface area contributed by atoms with Gasteiger partial charge in [0.05, 0.1) is 0 Å². The molecule has 0 aromatic heterocycles. The highest BCUT2D eigenvalue weighted by Gasteiger charge is 2.03. The number of nitrogen functional groups attached to an aromatic ring is 1. The Morgan fingerprint density at radius 1 is 1.50 bits per heavy atom. The molecule has 88 valence electrons. The lowest BCUT2D eigenvalue weighted by atomic mass is 10.1. The van der Waals surface area contributed by atoms with Crippen molar-refractivity contribution in [3.8, 4) is 0 Å². The van der Waals surface area contributed by atoms with Gasteiger partial charge >= 0.3 is 0 Å². The van der Waals surface area contributed by atoms with Crippen LogP contribution in [0, 0.1) is 6.92 Å². The first-order valence-corrected chi connectivity index (χ1v) is 6.64. The van der Waals surface area contributed by atoms with Crippen LogP contribution in [0.1, 0.15) is 17.5 Å². The Balaban J connectivity index is 2.48. The lowest BCUT2D eigenvalue weighted by Crippen LogP contribution is -2.23. The molecule has 1 amide bonds. The van der Waals surface area contributed by atoms with E-state index < -0.39 is 0 Å². The summed E-state index contributed by atoms with van der Waals surface area (Å²) in [7, 11) is 0. The second kappa shape index (κ2) is 6.43. The number of hydrogen-bond acceptors (Lipinski definition) is 3. The molecule has 0 saturated carbocycles. The van der Waals surface area contributed by atoms with Crippen LogP contribution in [0.4, 0.5) is 5.69 Å². The number of nitrogens with one attached hydrogen (secondary N) is 1. The molecule has 0 heterocycles. The highest BCUT2D eigenvalue weighted by atomic mass is 32.2. The Hall–Kier alpha value is -1.16. The summed E-state index contributed by atoms with van der Waals surface area (Å²) in [5, 5.41) is 2.89. The average molecular weight is 238 g/mol. The van der Waals surface area contributed by atoms with Gasteiger partial charge in [-0.15, -0.1) is 0 Å². The largest absolute Gasteiger partial charge is 0.399 e. The molecule has 0 aliphatic carbocycles. The summed E-state index contributed by atoms with van der Waals surface area (Å²) in [6.07, 6.45) is 2.57. The van der Waals surface area contributed by atoms with E-state index in [4.69, 9.17) is 5.73 Å². The first-order valence-electron chi connectivity index (χ1n) is 5.24. The molecule has 0 aliphatic rings. The molecule has 1 rings (SSSR count). The summed E-state index contributed by atoms with van der Waals surface area (Å²) in [5.41, 5.74) is 8.69. The summed E-state index contributed by atoms with van der Waals surface area (Å²) in [6.45, 7) is 2.53. The fraction of sp³-hybridized carbons (Fsp3) is 0.417. The van der Waals surface area contributed by atoms with Crippen molar-refractivity contribution in [2.24, 2.45) is 0 Å². The van der Waals surface area contributed by atoms with E-state index in [-0.39, 0.29) is 5.91 Å². The molecule has 0 atom stereocenters. The van der Waals surface area contributed by atoms with Gasteiger partial charge in [0.15, 0.2) is 0 Å². The Labute approximate surface area is 101 Å². The molecule has 1 aromatic carbocycles. The quantitative estimate of drug-likeness (QED) is 0.771. The molecular formula is C12H18N2OS. The van der Waals surface area contributed by atoms with E-state index in [1.54, 1.807) is 11.8 Å². The average Bonchev–Trinajstić information content (AvgIpc) is 2.28. The summed E-state index contributed by atoms with van der Waals surface area (Å²) in [5.74, 6) is 0.957. The molecule has 0 saturated heterocycles. The molecule has 16 heavy (non-hydrogen) atoms. The van der Waals surface area contributed by atoms with E-state index in [1.165, 1.54) is 0 Å². The molecule has 0 spiro atoms. The molecule has 0 aliphatic heterocycles. The first kappa shape index (κ1) is 12.9. The summed E-state index contributed by atoms with van der Waals surface area (Å²) in [4.78, 5) is 11.4. The van der Waals surface area contributed by atoms with Gasteiger partial charge in [0, 0.05) is 24.4 Å². The number of carbonyl (C=O) groups excluding carboxylic acids is 1. The zero-order valence-electron chi connectivity index (χ0n) is 9.75. The third-order valence-electron chi connectivity index (χ3n) is 2.50. The lowest BCUT2D eigenvalue weighted by molar-refractivity contribution is -0.120. The Kier molecular flexibility index (Phi) is 5.19. The van der Waals surface area contributed by atoms with Crippen LogP contribution in [0.2, 0.25) is 0 Å². The van der Waals surface area contributed by atoms with Crippen LogP contribution in [-0.4, -0.2) is 17.9 Å². The molecule has 0 bridgehead atoms. The number of carbonyl (C=O) groups is 1. The topological polar surface area (TPSA) is 55.1 Å². The van der Waals surface area contributed by atoms with Crippen molar-refractivity contribution in [3.63, 3.8) is 0 Å². The van der Waals surface area contributed by atoms with Crippen LogP contribution < -0.4 is 11.1 Å². The Morgan fingerprint density at radius 3 is 2.94 bits per heavy atom. The van der Waals surface area contributed by atoms with Crippen molar-refractivity contribution >= 4 is 23.4 Å². The minimum absolute atomic E-state index is 0.0937. The smallest absolute Gasteiger partial charge is 0.221 e. The maximum absolute atomic E-state index is 11.4. The van der Waals surface area contributed by atoms with Crippen molar-refractivity contribution in [3.05, 3.63) is 29.3 Å². The van der Waals surface area contributed by atoms with Gasteiger partial charge in [-0.05, 0) is 30.4 Å². The van der Waals surface area contributed by atoms with Crippen molar-refractivity contribution in [1.82, 2.24) is 5.32 Å². The molecule has 0 radical (unpaired) electrons. The Bertz CT molecular complexity index is 366. The number of benzene rings is 1. The molecule has 4 heteroatoms. The fourth-order valence-corrected chi connectivity index (χ4v) is 1.76. The number of rotatable bonds is 5. The van der Waals surface area contributed by atoms with E-state index in [0.717, 1.165) is 22.6 Å². The van der Waals surface area contributed by atoms with E-state index in [0.29, 0.717) is 13.0 Å². The maximum atomic E-state index is 11.4. The van der Waals surface area contributed by atoms with Gasteiger partial charge in [0.2, 0.25) is 5.91 Å². The first-order chi connectivity index (χ1) is 7.65. The van der Waals surface area contributed by atoms with Gasteiger partial charge in [-0.1, -0.05) is 12.1 Å². The Morgan fingerprint density at radius 2 is 2.25 bits per heavy atom. The second-order valence-electron chi connectivity index (χ2n) is 3.65. The number of nitrogens with two attached hydrogens (primary N) is 1. The van der Waals surface area contributed by atoms with Crippen LogP contribution in [0.5, 0.6) is 0 Å². The second-order valence-corrected chi connectivity index (χ2v) is 4.64. The monoisotopic (exact) mass is 238 g/mol. The number of hydrogen-bond donors (Lipinski definition) is 2. The molecular weight excluding hydrogens is 220 g/mol. The van der Waals surface area contributed by atoms with Crippen LogP contribution in [-0.2, 0) is 11.3 Å². The van der Waals surface area contributed by atoms with Gasteiger partial charge < -0.3 is 11.1 Å².